The fourth-order valence-corrected chi connectivity index (χ4v) is 2.60. The Balaban J connectivity index is 2.11. The summed E-state index contributed by atoms with van der Waals surface area (Å²) in [5, 5.41) is 0.958. The molecule has 0 aliphatic heterocycles. The molecule has 0 aliphatic rings. The summed E-state index contributed by atoms with van der Waals surface area (Å²) in [4.78, 5) is 8.35. The average molecular weight is 260 g/mol. The largest absolute Gasteiger partial charge is 0.308 e. The van der Waals surface area contributed by atoms with Crippen LogP contribution in [0.2, 0.25) is 0 Å². The van der Waals surface area contributed by atoms with Crippen LogP contribution in [0.25, 0.3) is 0 Å². The van der Waals surface area contributed by atoms with Gasteiger partial charge in [0.2, 0.25) is 0 Å². The van der Waals surface area contributed by atoms with E-state index in [0.717, 1.165) is 16.3 Å². The second-order valence-corrected chi connectivity index (χ2v) is 5.04. The zero-order chi connectivity index (χ0) is 13.0. The quantitative estimate of drug-likeness (QED) is 0.383. The van der Waals surface area contributed by atoms with Gasteiger partial charge in [-0.2, -0.15) is 0 Å². The van der Waals surface area contributed by atoms with Crippen LogP contribution in [0, 0.1) is 13.8 Å². The lowest BCUT2D eigenvalue weighted by atomic mass is 10.2. The van der Waals surface area contributed by atoms with Crippen molar-refractivity contribution in [3.05, 3.63) is 47.3 Å². The number of thioether (sulfide) groups is 1. The summed E-state index contributed by atoms with van der Waals surface area (Å²) in [5.74, 6) is 6.97. The Hall–Kier alpha value is -1.59. The summed E-state index contributed by atoms with van der Waals surface area (Å²) in [6.07, 6.45) is 1.53. The average Bonchev–Trinajstić information content (AvgIpc) is 2.38. The monoisotopic (exact) mass is 260 g/mol. The maximum Gasteiger partial charge on any atom is 0.147 e. The van der Waals surface area contributed by atoms with Crippen molar-refractivity contribution in [3.8, 4) is 0 Å². The minimum absolute atomic E-state index is 0.678. The summed E-state index contributed by atoms with van der Waals surface area (Å²) in [6.45, 7) is 4.06. The van der Waals surface area contributed by atoms with Gasteiger partial charge in [-0.1, -0.05) is 29.8 Å². The van der Waals surface area contributed by atoms with Crippen molar-refractivity contribution in [2.45, 2.75) is 24.6 Å². The number of hydrazine groups is 1. The van der Waals surface area contributed by atoms with Gasteiger partial charge in [-0.3, -0.25) is 0 Å². The van der Waals surface area contributed by atoms with Crippen LogP contribution in [0.15, 0.2) is 35.6 Å². The molecule has 0 bridgehead atoms. The molecule has 3 N–H and O–H groups in total. The number of nitrogen functional groups attached to an aromatic ring is 1. The second-order valence-electron chi connectivity index (χ2n) is 4.07. The van der Waals surface area contributed by atoms with Crippen LogP contribution in [0.3, 0.4) is 0 Å². The van der Waals surface area contributed by atoms with E-state index < -0.39 is 0 Å². The molecule has 1 aromatic carbocycles. The van der Waals surface area contributed by atoms with Gasteiger partial charge in [-0.05, 0) is 19.4 Å². The van der Waals surface area contributed by atoms with Gasteiger partial charge in [0.05, 0.1) is 0 Å². The third-order valence-corrected chi connectivity index (χ3v) is 3.80. The summed E-state index contributed by atoms with van der Waals surface area (Å²) < 4.78 is 0. The lowest BCUT2D eigenvalue weighted by Crippen LogP contribution is -2.10. The Labute approximate surface area is 111 Å². The zero-order valence-corrected chi connectivity index (χ0v) is 11.3. The van der Waals surface area contributed by atoms with Gasteiger partial charge in [0.15, 0.2) is 0 Å². The smallest absolute Gasteiger partial charge is 0.147 e. The third kappa shape index (κ3) is 3.00. The van der Waals surface area contributed by atoms with Crippen molar-refractivity contribution in [2.75, 3.05) is 5.43 Å². The molecule has 0 saturated carbocycles. The first kappa shape index (κ1) is 12.9. The number of anilines is 1. The molecule has 0 amide bonds. The van der Waals surface area contributed by atoms with Gasteiger partial charge >= 0.3 is 0 Å². The second kappa shape index (κ2) is 5.84. The number of hydrogen-bond acceptors (Lipinski definition) is 5. The summed E-state index contributed by atoms with van der Waals surface area (Å²) in [6, 6.07) is 8.48. The highest BCUT2D eigenvalue weighted by molar-refractivity contribution is 7.98. The van der Waals surface area contributed by atoms with Gasteiger partial charge in [-0.25, -0.2) is 15.8 Å². The number of benzene rings is 1. The first-order chi connectivity index (χ1) is 8.70. The Kier molecular flexibility index (Phi) is 4.17. The van der Waals surface area contributed by atoms with Crippen LogP contribution in [0.1, 0.15) is 16.7 Å². The SMILES string of the molecule is Cc1cccc(CSc2ncnc(NN)c2C)c1. The van der Waals surface area contributed by atoms with E-state index in [1.54, 1.807) is 11.8 Å². The number of nitrogens with one attached hydrogen (secondary N) is 1. The van der Waals surface area contributed by atoms with Crippen LogP contribution < -0.4 is 11.3 Å². The molecule has 94 valence electrons. The van der Waals surface area contributed by atoms with Crippen molar-refractivity contribution in [1.29, 1.82) is 0 Å². The standard InChI is InChI=1S/C13H16N4S/c1-9-4-3-5-11(6-9)7-18-13-10(2)12(17-14)15-8-16-13/h3-6,8H,7,14H2,1-2H3,(H,15,16,17). The molecular formula is C13H16N4S. The molecule has 0 aliphatic carbocycles. The molecule has 0 atom stereocenters. The molecular weight excluding hydrogens is 244 g/mol. The van der Waals surface area contributed by atoms with Crippen molar-refractivity contribution < 1.29 is 0 Å². The highest BCUT2D eigenvalue weighted by Gasteiger charge is 2.06. The van der Waals surface area contributed by atoms with E-state index in [1.807, 2.05) is 6.92 Å². The first-order valence-corrected chi connectivity index (χ1v) is 6.66. The lowest BCUT2D eigenvalue weighted by Gasteiger charge is -2.08. The molecule has 2 aromatic rings. The van der Waals surface area contributed by atoms with Crippen LogP contribution in [-0.4, -0.2) is 9.97 Å². The number of aromatic nitrogens is 2. The Morgan fingerprint density at radius 3 is 2.83 bits per heavy atom. The highest BCUT2D eigenvalue weighted by Crippen LogP contribution is 2.26. The van der Waals surface area contributed by atoms with Crippen molar-refractivity contribution >= 4 is 17.6 Å². The van der Waals surface area contributed by atoms with Gasteiger partial charge in [0.25, 0.3) is 0 Å². The number of rotatable bonds is 4. The van der Waals surface area contributed by atoms with E-state index in [4.69, 9.17) is 5.84 Å². The van der Waals surface area contributed by atoms with E-state index in [9.17, 15) is 0 Å². The highest BCUT2D eigenvalue weighted by atomic mass is 32.2. The fourth-order valence-electron chi connectivity index (χ4n) is 1.68. The van der Waals surface area contributed by atoms with E-state index in [1.165, 1.54) is 17.5 Å². The Morgan fingerprint density at radius 2 is 2.11 bits per heavy atom. The molecule has 4 nitrogen and oxygen atoms in total. The maximum atomic E-state index is 5.40. The topological polar surface area (TPSA) is 63.8 Å². The number of nitrogens with two attached hydrogens (primary N) is 1. The Bertz CT molecular complexity index is 542. The molecule has 1 aromatic heterocycles. The molecule has 5 heteroatoms. The molecule has 1 heterocycles. The van der Waals surface area contributed by atoms with Crippen molar-refractivity contribution in [3.63, 3.8) is 0 Å². The molecule has 18 heavy (non-hydrogen) atoms. The van der Waals surface area contributed by atoms with Crippen LogP contribution in [-0.2, 0) is 5.75 Å². The van der Waals surface area contributed by atoms with Gasteiger partial charge in [0.1, 0.15) is 17.2 Å². The minimum Gasteiger partial charge on any atom is -0.308 e. The first-order valence-electron chi connectivity index (χ1n) is 5.67. The minimum atomic E-state index is 0.678. The zero-order valence-electron chi connectivity index (χ0n) is 10.5. The normalized spacial score (nSPS) is 10.4. The van der Waals surface area contributed by atoms with Gasteiger partial charge in [-0.15, -0.1) is 11.8 Å². The van der Waals surface area contributed by atoms with Gasteiger partial charge in [0, 0.05) is 11.3 Å². The summed E-state index contributed by atoms with van der Waals surface area (Å²) in [7, 11) is 0. The summed E-state index contributed by atoms with van der Waals surface area (Å²) >= 11 is 1.69. The number of aryl methyl sites for hydroxylation is 1. The van der Waals surface area contributed by atoms with E-state index in [2.05, 4.69) is 46.6 Å². The lowest BCUT2D eigenvalue weighted by molar-refractivity contribution is 0.996. The van der Waals surface area contributed by atoms with Crippen LogP contribution >= 0.6 is 11.8 Å². The predicted octanol–water partition coefficient (Wildman–Crippen LogP) is 2.67. The van der Waals surface area contributed by atoms with Crippen LogP contribution in [0.5, 0.6) is 0 Å². The van der Waals surface area contributed by atoms with Crippen molar-refractivity contribution in [2.24, 2.45) is 5.84 Å². The van der Waals surface area contributed by atoms with E-state index in [0.29, 0.717) is 5.82 Å². The van der Waals surface area contributed by atoms with Crippen molar-refractivity contribution in [1.82, 2.24) is 9.97 Å². The molecule has 0 radical (unpaired) electrons. The van der Waals surface area contributed by atoms with Gasteiger partial charge < -0.3 is 5.43 Å². The van der Waals surface area contributed by atoms with Crippen LogP contribution in [0.4, 0.5) is 5.82 Å². The number of nitrogens with zero attached hydrogens (tertiary/aromatic N) is 2. The maximum absolute atomic E-state index is 5.40. The molecule has 0 fully saturated rings. The van der Waals surface area contributed by atoms with E-state index >= 15 is 0 Å². The molecule has 2 rings (SSSR count). The fraction of sp³-hybridized carbons (Fsp3) is 0.231. The number of hydrogen-bond donors (Lipinski definition) is 2. The molecule has 0 unspecified atom stereocenters. The third-order valence-electron chi connectivity index (χ3n) is 2.63. The molecule has 0 spiro atoms. The molecule has 0 saturated heterocycles. The predicted molar refractivity (Wildman–Crippen MR) is 75.3 cm³/mol. The van der Waals surface area contributed by atoms with E-state index in [-0.39, 0.29) is 0 Å². The Morgan fingerprint density at radius 1 is 1.28 bits per heavy atom. The summed E-state index contributed by atoms with van der Waals surface area (Å²) in [5.41, 5.74) is 6.13.